The predicted molar refractivity (Wildman–Crippen MR) is 118 cm³/mol. The molecule has 1 unspecified atom stereocenters. The molecule has 0 amide bonds. The third-order valence-electron chi connectivity index (χ3n) is 4.39. The van der Waals surface area contributed by atoms with Gasteiger partial charge in [-0.05, 0) is 56.6 Å². The number of ether oxygens (including phenoxy) is 2. The maximum Gasteiger partial charge on any atom is 0.191 e. The molecule has 1 fully saturated rings. The number of methoxy groups -OCH3 is 1. The van der Waals surface area contributed by atoms with Crippen molar-refractivity contribution in [2.45, 2.75) is 20.3 Å². The van der Waals surface area contributed by atoms with E-state index in [1.165, 1.54) is 19.5 Å². The van der Waals surface area contributed by atoms with E-state index in [9.17, 15) is 0 Å². The van der Waals surface area contributed by atoms with E-state index in [1.807, 2.05) is 24.3 Å². The summed E-state index contributed by atoms with van der Waals surface area (Å²) in [7, 11) is 1.66. The summed E-state index contributed by atoms with van der Waals surface area (Å²) in [6.45, 7) is 10.9. The van der Waals surface area contributed by atoms with Crippen molar-refractivity contribution in [3.63, 3.8) is 0 Å². The zero-order valence-electron chi connectivity index (χ0n) is 16.2. The summed E-state index contributed by atoms with van der Waals surface area (Å²) in [5.41, 5.74) is 0. The second kappa shape index (κ2) is 13.0. The number of benzene rings is 1. The minimum atomic E-state index is 0. The number of hydrogen-bond acceptors (Lipinski definition) is 4. The molecule has 2 N–H and O–H groups in total. The van der Waals surface area contributed by atoms with Crippen LogP contribution in [0.25, 0.3) is 0 Å². The van der Waals surface area contributed by atoms with Gasteiger partial charge in [-0.2, -0.15) is 0 Å². The van der Waals surface area contributed by atoms with Crippen molar-refractivity contribution < 1.29 is 9.47 Å². The molecule has 1 aromatic rings. The van der Waals surface area contributed by atoms with Gasteiger partial charge in [-0.1, -0.05) is 6.92 Å². The molecule has 26 heavy (non-hydrogen) atoms. The van der Waals surface area contributed by atoms with E-state index >= 15 is 0 Å². The highest BCUT2D eigenvalue weighted by Gasteiger charge is 2.20. The molecule has 0 aromatic heterocycles. The first-order chi connectivity index (χ1) is 12.2. The molecule has 1 aliphatic rings. The first-order valence-corrected chi connectivity index (χ1v) is 9.26. The van der Waals surface area contributed by atoms with Crippen LogP contribution >= 0.6 is 24.0 Å². The molecule has 0 radical (unpaired) electrons. The Morgan fingerprint density at radius 1 is 1.19 bits per heavy atom. The molecule has 7 heteroatoms. The molecule has 1 atom stereocenters. The fraction of sp³-hybridized carbons (Fsp3) is 0.632. The summed E-state index contributed by atoms with van der Waals surface area (Å²) in [6, 6.07) is 7.63. The number of nitrogens with zero attached hydrogens (tertiary/aromatic N) is 2. The van der Waals surface area contributed by atoms with Gasteiger partial charge in [0.05, 0.1) is 13.7 Å². The topological polar surface area (TPSA) is 58.1 Å². The van der Waals surface area contributed by atoms with Crippen molar-refractivity contribution in [2.75, 3.05) is 53.0 Å². The average molecular weight is 476 g/mol. The SMILES string of the molecule is CCNC(=NCC1CCN(CC)C1)NCCOc1ccc(OC)cc1.I. The lowest BCUT2D eigenvalue weighted by atomic mass is 10.1. The lowest BCUT2D eigenvalue weighted by Crippen LogP contribution is -2.39. The van der Waals surface area contributed by atoms with Crippen LogP contribution in [0.2, 0.25) is 0 Å². The van der Waals surface area contributed by atoms with E-state index in [1.54, 1.807) is 7.11 Å². The molecule has 2 rings (SSSR count). The second-order valence-electron chi connectivity index (χ2n) is 6.22. The van der Waals surface area contributed by atoms with E-state index in [4.69, 9.17) is 14.5 Å². The molecule has 0 bridgehead atoms. The van der Waals surface area contributed by atoms with Crippen molar-refractivity contribution in [1.29, 1.82) is 0 Å². The van der Waals surface area contributed by atoms with E-state index < -0.39 is 0 Å². The van der Waals surface area contributed by atoms with Gasteiger partial charge in [0, 0.05) is 19.6 Å². The monoisotopic (exact) mass is 476 g/mol. The zero-order valence-corrected chi connectivity index (χ0v) is 18.5. The number of halogens is 1. The second-order valence-corrected chi connectivity index (χ2v) is 6.22. The quantitative estimate of drug-likeness (QED) is 0.249. The molecule has 0 saturated carbocycles. The van der Waals surface area contributed by atoms with Gasteiger partial charge in [-0.3, -0.25) is 4.99 Å². The molecule has 1 heterocycles. The van der Waals surface area contributed by atoms with Crippen molar-refractivity contribution in [3.8, 4) is 11.5 Å². The maximum absolute atomic E-state index is 5.73. The Kier molecular flexibility index (Phi) is 11.4. The number of guanidine groups is 1. The summed E-state index contributed by atoms with van der Waals surface area (Å²) in [5, 5.41) is 6.64. The lowest BCUT2D eigenvalue weighted by Gasteiger charge is -2.14. The van der Waals surface area contributed by atoms with E-state index in [2.05, 4.69) is 29.4 Å². The molecule has 6 nitrogen and oxygen atoms in total. The smallest absolute Gasteiger partial charge is 0.191 e. The van der Waals surface area contributed by atoms with Crippen LogP contribution in [-0.4, -0.2) is 63.8 Å². The minimum absolute atomic E-state index is 0. The van der Waals surface area contributed by atoms with Crippen LogP contribution in [0.1, 0.15) is 20.3 Å². The van der Waals surface area contributed by atoms with Gasteiger partial charge in [0.1, 0.15) is 18.1 Å². The Morgan fingerprint density at radius 3 is 2.54 bits per heavy atom. The van der Waals surface area contributed by atoms with Crippen LogP contribution < -0.4 is 20.1 Å². The zero-order chi connectivity index (χ0) is 17.9. The minimum Gasteiger partial charge on any atom is -0.497 e. The predicted octanol–water partition coefficient (Wildman–Crippen LogP) is 2.59. The van der Waals surface area contributed by atoms with Crippen LogP contribution in [0.15, 0.2) is 29.3 Å². The maximum atomic E-state index is 5.73. The largest absolute Gasteiger partial charge is 0.497 e. The highest BCUT2D eigenvalue weighted by molar-refractivity contribution is 14.0. The summed E-state index contributed by atoms with van der Waals surface area (Å²) >= 11 is 0. The number of rotatable bonds is 9. The number of nitrogens with one attached hydrogen (secondary N) is 2. The standard InChI is InChI=1S/C19H32N4O2.HI/c1-4-20-19(22-14-16-10-12-23(5-2)15-16)21-11-13-25-18-8-6-17(24-3)7-9-18;/h6-9,16H,4-5,10-15H2,1-3H3,(H2,20,21,22);1H. The first kappa shape index (κ1) is 22.8. The molecular formula is C19H33IN4O2. The Bertz CT molecular complexity index is 525. The van der Waals surface area contributed by atoms with Crippen molar-refractivity contribution in [2.24, 2.45) is 10.9 Å². The Labute approximate surface area is 174 Å². The number of aliphatic imine (C=N–C) groups is 1. The molecule has 1 aromatic carbocycles. The van der Waals surface area contributed by atoms with E-state index in [-0.39, 0.29) is 24.0 Å². The Morgan fingerprint density at radius 2 is 1.92 bits per heavy atom. The third kappa shape index (κ3) is 7.99. The number of likely N-dealkylation sites (tertiary alicyclic amines) is 1. The Balaban J connectivity index is 0.00000338. The van der Waals surface area contributed by atoms with Crippen molar-refractivity contribution in [1.82, 2.24) is 15.5 Å². The van der Waals surface area contributed by atoms with Crippen LogP contribution in [-0.2, 0) is 0 Å². The van der Waals surface area contributed by atoms with Gasteiger partial charge in [0.15, 0.2) is 5.96 Å². The summed E-state index contributed by atoms with van der Waals surface area (Å²) < 4.78 is 10.9. The average Bonchev–Trinajstić information content (AvgIpc) is 3.11. The van der Waals surface area contributed by atoms with Gasteiger partial charge < -0.3 is 25.0 Å². The van der Waals surface area contributed by atoms with Crippen LogP contribution in [0.4, 0.5) is 0 Å². The first-order valence-electron chi connectivity index (χ1n) is 9.26. The summed E-state index contributed by atoms with van der Waals surface area (Å²) in [6.07, 6.45) is 1.25. The molecule has 1 saturated heterocycles. The third-order valence-corrected chi connectivity index (χ3v) is 4.39. The van der Waals surface area contributed by atoms with Gasteiger partial charge in [0.25, 0.3) is 0 Å². The Hall–Kier alpha value is -1.22. The summed E-state index contributed by atoms with van der Waals surface area (Å²) in [4.78, 5) is 7.22. The molecular weight excluding hydrogens is 443 g/mol. The molecule has 148 valence electrons. The normalized spacial score (nSPS) is 17.5. The van der Waals surface area contributed by atoms with E-state index in [0.717, 1.165) is 37.1 Å². The fourth-order valence-electron chi connectivity index (χ4n) is 2.92. The van der Waals surface area contributed by atoms with Gasteiger partial charge in [-0.25, -0.2) is 0 Å². The number of hydrogen-bond donors (Lipinski definition) is 2. The van der Waals surface area contributed by atoms with Crippen molar-refractivity contribution in [3.05, 3.63) is 24.3 Å². The molecule has 0 aliphatic carbocycles. The van der Waals surface area contributed by atoms with Gasteiger partial charge in [0.2, 0.25) is 0 Å². The fourth-order valence-corrected chi connectivity index (χ4v) is 2.92. The molecule has 1 aliphatic heterocycles. The van der Waals surface area contributed by atoms with Crippen LogP contribution in [0, 0.1) is 5.92 Å². The van der Waals surface area contributed by atoms with Gasteiger partial charge in [-0.15, -0.1) is 24.0 Å². The molecule has 0 spiro atoms. The lowest BCUT2D eigenvalue weighted by molar-refractivity contribution is 0.321. The van der Waals surface area contributed by atoms with Crippen molar-refractivity contribution >= 4 is 29.9 Å². The van der Waals surface area contributed by atoms with Gasteiger partial charge >= 0.3 is 0 Å². The highest BCUT2D eigenvalue weighted by atomic mass is 127. The highest BCUT2D eigenvalue weighted by Crippen LogP contribution is 2.17. The summed E-state index contributed by atoms with van der Waals surface area (Å²) in [5.74, 6) is 3.22. The van der Waals surface area contributed by atoms with Crippen LogP contribution in [0.5, 0.6) is 11.5 Å². The van der Waals surface area contributed by atoms with Crippen LogP contribution in [0.3, 0.4) is 0 Å². The van der Waals surface area contributed by atoms with E-state index in [0.29, 0.717) is 19.1 Å².